The minimum absolute atomic E-state index is 0.226. The van der Waals surface area contributed by atoms with Gasteiger partial charge in [0.25, 0.3) is 0 Å². The predicted molar refractivity (Wildman–Crippen MR) is 76.9 cm³/mol. The number of hydrogen-bond donors (Lipinski definition) is 1. The Morgan fingerprint density at radius 3 is 2.68 bits per heavy atom. The fraction of sp³-hybridized carbons (Fsp3) is 0.250. The smallest absolute Gasteiger partial charge is 0.144 e. The van der Waals surface area contributed by atoms with Crippen molar-refractivity contribution in [1.29, 1.82) is 5.26 Å². The molecule has 0 aliphatic rings. The molecular weight excluding hydrogens is 234 g/mol. The fourth-order valence-corrected chi connectivity index (χ4v) is 2.06. The van der Waals surface area contributed by atoms with Crippen molar-refractivity contribution in [1.82, 2.24) is 4.98 Å². The molecule has 1 aromatic heterocycles. The van der Waals surface area contributed by atoms with Crippen molar-refractivity contribution < 1.29 is 0 Å². The molecule has 2 rings (SSSR count). The fourth-order valence-electron chi connectivity index (χ4n) is 2.06. The number of nitrogens with one attached hydrogen (secondary N) is 1. The second-order valence-electron chi connectivity index (χ2n) is 4.70. The largest absolute Gasteiger partial charge is 0.366 e. The molecule has 3 nitrogen and oxygen atoms in total. The van der Waals surface area contributed by atoms with E-state index in [4.69, 9.17) is 0 Å². The van der Waals surface area contributed by atoms with E-state index in [0.717, 1.165) is 12.0 Å². The molecule has 0 fully saturated rings. The molecule has 0 aliphatic carbocycles. The number of aryl methyl sites for hydroxylation is 1. The SMILES string of the molecule is Cc1ccnc(NC(C)Cc2ccccc2)c1C#N. The summed E-state index contributed by atoms with van der Waals surface area (Å²) >= 11 is 0. The maximum Gasteiger partial charge on any atom is 0.144 e. The van der Waals surface area contributed by atoms with Gasteiger partial charge in [-0.2, -0.15) is 5.26 Å². The molecule has 0 spiro atoms. The van der Waals surface area contributed by atoms with Crippen molar-refractivity contribution in [3.05, 3.63) is 59.3 Å². The van der Waals surface area contributed by atoms with Gasteiger partial charge in [-0.1, -0.05) is 30.3 Å². The minimum Gasteiger partial charge on any atom is -0.366 e. The molecule has 1 aromatic carbocycles. The van der Waals surface area contributed by atoms with Crippen LogP contribution in [0.15, 0.2) is 42.6 Å². The zero-order valence-electron chi connectivity index (χ0n) is 11.2. The average molecular weight is 251 g/mol. The average Bonchev–Trinajstić information content (AvgIpc) is 2.40. The number of hydrogen-bond acceptors (Lipinski definition) is 3. The first-order valence-electron chi connectivity index (χ1n) is 6.37. The van der Waals surface area contributed by atoms with Crippen molar-refractivity contribution in [2.75, 3.05) is 5.32 Å². The van der Waals surface area contributed by atoms with Crippen molar-refractivity contribution >= 4 is 5.82 Å². The summed E-state index contributed by atoms with van der Waals surface area (Å²) in [4.78, 5) is 4.26. The van der Waals surface area contributed by atoms with E-state index in [1.165, 1.54) is 5.56 Å². The molecule has 3 heteroatoms. The van der Waals surface area contributed by atoms with Gasteiger partial charge in [-0.05, 0) is 37.5 Å². The second-order valence-corrected chi connectivity index (χ2v) is 4.70. The van der Waals surface area contributed by atoms with Gasteiger partial charge in [0, 0.05) is 12.2 Å². The Labute approximate surface area is 113 Å². The van der Waals surface area contributed by atoms with Gasteiger partial charge in [-0.3, -0.25) is 0 Å². The second kappa shape index (κ2) is 6.01. The van der Waals surface area contributed by atoms with Crippen LogP contribution in [-0.4, -0.2) is 11.0 Å². The minimum atomic E-state index is 0.226. The normalized spacial score (nSPS) is 11.6. The van der Waals surface area contributed by atoms with Gasteiger partial charge < -0.3 is 5.32 Å². The molecule has 0 aliphatic heterocycles. The molecule has 0 saturated heterocycles. The van der Waals surface area contributed by atoms with Crippen LogP contribution >= 0.6 is 0 Å². The number of anilines is 1. The number of rotatable bonds is 4. The van der Waals surface area contributed by atoms with Crippen LogP contribution in [0.25, 0.3) is 0 Å². The summed E-state index contributed by atoms with van der Waals surface area (Å²) in [6, 6.07) is 14.6. The molecule has 1 heterocycles. The van der Waals surface area contributed by atoms with Gasteiger partial charge >= 0.3 is 0 Å². The maximum atomic E-state index is 9.17. The number of aromatic nitrogens is 1. The van der Waals surface area contributed by atoms with Gasteiger partial charge in [0.15, 0.2) is 0 Å². The summed E-state index contributed by atoms with van der Waals surface area (Å²) < 4.78 is 0. The van der Waals surface area contributed by atoms with Crippen LogP contribution in [-0.2, 0) is 6.42 Å². The highest BCUT2D eigenvalue weighted by molar-refractivity contribution is 5.55. The molecule has 2 aromatic rings. The molecule has 0 amide bonds. The Morgan fingerprint density at radius 1 is 1.26 bits per heavy atom. The van der Waals surface area contributed by atoms with Crippen LogP contribution in [0.1, 0.15) is 23.6 Å². The van der Waals surface area contributed by atoms with Crippen LogP contribution in [0, 0.1) is 18.3 Å². The van der Waals surface area contributed by atoms with E-state index in [1.807, 2.05) is 31.2 Å². The Morgan fingerprint density at radius 2 is 2.00 bits per heavy atom. The zero-order valence-corrected chi connectivity index (χ0v) is 11.2. The molecule has 0 bridgehead atoms. The van der Waals surface area contributed by atoms with Crippen LogP contribution in [0.2, 0.25) is 0 Å². The lowest BCUT2D eigenvalue weighted by Crippen LogP contribution is -2.19. The van der Waals surface area contributed by atoms with Crippen LogP contribution in [0.5, 0.6) is 0 Å². The van der Waals surface area contributed by atoms with E-state index < -0.39 is 0 Å². The summed E-state index contributed by atoms with van der Waals surface area (Å²) in [5.41, 5.74) is 2.85. The Hall–Kier alpha value is -2.34. The van der Waals surface area contributed by atoms with Gasteiger partial charge in [0.05, 0.1) is 5.56 Å². The Balaban J connectivity index is 2.10. The summed E-state index contributed by atoms with van der Waals surface area (Å²) in [7, 11) is 0. The third kappa shape index (κ3) is 3.32. The number of pyridine rings is 1. The summed E-state index contributed by atoms with van der Waals surface area (Å²) in [5, 5.41) is 12.5. The van der Waals surface area contributed by atoms with Gasteiger partial charge in [0.2, 0.25) is 0 Å². The lowest BCUT2D eigenvalue weighted by molar-refractivity contribution is 0.784. The molecule has 1 unspecified atom stereocenters. The van der Waals surface area contributed by atoms with E-state index >= 15 is 0 Å². The number of nitriles is 1. The first-order valence-corrected chi connectivity index (χ1v) is 6.37. The van der Waals surface area contributed by atoms with Gasteiger partial charge in [0.1, 0.15) is 11.9 Å². The Bertz CT molecular complexity index is 585. The first kappa shape index (κ1) is 13.1. The van der Waals surface area contributed by atoms with Crippen LogP contribution in [0.4, 0.5) is 5.82 Å². The van der Waals surface area contributed by atoms with Gasteiger partial charge in [-0.15, -0.1) is 0 Å². The Kier molecular flexibility index (Phi) is 4.15. The van der Waals surface area contributed by atoms with Crippen molar-refractivity contribution in [3.63, 3.8) is 0 Å². The highest BCUT2D eigenvalue weighted by Crippen LogP contribution is 2.17. The zero-order chi connectivity index (χ0) is 13.7. The monoisotopic (exact) mass is 251 g/mol. The highest BCUT2D eigenvalue weighted by atomic mass is 15.0. The van der Waals surface area contributed by atoms with E-state index in [-0.39, 0.29) is 6.04 Å². The maximum absolute atomic E-state index is 9.17. The number of nitrogens with zero attached hydrogens (tertiary/aromatic N) is 2. The van der Waals surface area contributed by atoms with E-state index in [1.54, 1.807) is 6.20 Å². The standard InChI is InChI=1S/C16H17N3/c1-12-8-9-18-16(15(12)11-17)19-13(2)10-14-6-4-3-5-7-14/h3-9,13H,10H2,1-2H3,(H,18,19). The molecule has 0 saturated carbocycles. The highest BCUT2D eigenvalue weighted by Gasteiger charge is 2.09. The molecule has 0 radical (unpaired) electrons. The molecule has 96 valence electrons. The molecule has 1 N–H and O–H groups in total. The summed E-state index contributed by atoms with van der Waals surface area (Å²) in [5.74, 6) is 0.672. The van der Waals surface area contributed by atoms with Gasteiger partial charge in [-0.25, -0.2) is 4.98 Å². The molecule has 19 heavy (non-hydrogen) atoms. The quantitative estimate of drug-likeness (QED) is 0.907. The third-order valence-electron chi connectivity index (χ3n) is 3.04. The summed E-state index contributed by atoms with van der Waals surface area (Å²) in [6.45, 7) is 4.02. The first-order chi connectivity index (χ1) is 9.20. The van der Waals surface area contributed by atoms with Crippen molar-refractivity contribution in [2.45, 2.75) is 26.3 Å². The van der Waals surface area contributed by atoms with Crippen molar-refractivity contribution in [3.8, 4) is 6.07 Å². The van der Waals surface area contributed by atoms with Crippen LogP contribution in [0.3, 0.4) is 0 Å². The third-order valence-corrected chi connectivity index (χ3v) is 3.04. The summed E-state index contributed by atoms with van der Waals surface area (Å²) in [6.07, 6.45) is 2.63. The van der Waals surface area contributed by atoms with Crippen molar-refractivity contribution in [2.24, 2.45) is 0 Å². The van der Waals surface area contributed by atoms with E-state index in [2.05, 4.69) is 35.4 Å². The lowest BCUT2D eigenvalue weighted by Gasteiger charge is -2.16. The van der Waals surface area contributed by atoms with E-state index in [0.29, 0.717) is 11.4 Å². The topological polar surface area (TPSA) is 48.7 Å². The van der Waals surface area contributed by atoms with E-state index in [9.17, 15) is 5.26 Å². The molecule has 1 atom stereocenters. The molecular formula is C16H17N3. The predicted octanol–water partition coefficient (Wildman–Crippen LogP) is 3.30. The van der Waals surface area contributed by atoms with Crippen LogP contribution < -0.4 is 5.32 Å². The number of benzene rings is 1. The lowest BCUT2D eigenvalue weighted by atomic mass is 10.1.